The third-order valence-corrected chi connectivity index (χ3v) is 6.82. The van der Waals surface area contributed by atoms with Crippen LogP contribution in [0.3, 0.4) is 0 Å². The standard InChI is InChI=1S/C25H29FN6O.CH4/c1-15(31-9-8-19(27)13-31)17-5-7-22-29-30-24(32(22)12-17)21-6-4-16-10-18(26)11-20(23(16)28-21)25(2,3)14-33;/h4-7,10-12,15,19,33H,8-9,13-14,27H2,1-3H3;1H4/t15-,19-;/m0./s1. The van der Waals surface area contributed by atoms with Crippen LogP contribution in [-0.2, 0) is 5.41 Å². The second-order valence-electron chi connectivity index (χ2n) is 9.70. The first-order valence-electron chi connectivity index (χ1n) is 11.3. The van der Waals surface area contributed by atoms with Gasteiger partial charge in [-0.3, -0.25) is 9.30 Å². The molecule has 5 rings (SSSR count). The van der Waals surface area contributed by atoms with Crippen molar-refractivity contribution in [3.8, 4) is 11.5 Å². The first-order valence-corrected chi connectivity index (χ1v) is 11.3. The number of nitrogens with zero attached hydrogens (tertiary/aromatic N) is 5. The van der Waals surface area contributed by atoms with E-state index in [0.717, 1.165) is 30.7 Å². The first kappa shape index (κ1) is 24.2. The van der Waals surface area contributed by atoms with Gasteiger partial charge in [0.05, 0.1) is 12.1 Å². The van der Waals surface area contributed by atoms with Crippen molar-refractivity contribution >= 4 is 16.6 Å². The highest BCUT2D eigenvalue weighted by molar-refractivity contribution is 5.85. The summed E-state index contributed by atoms with van der Waals surface area (Å²) in [5.41, 5.74) is 9.31. The van der Waals surface area contributed by atoms with Crippen LogP contribution in [0.1, 0.15) is 51.8 Å². The number of aliphatic hydroxyl groups is 1. The SMILES string of the molecule is C.C[C@@H](c1ccc2nnc(-c3ccc4cc(F)cc(C(C)(C)CO)c4n3)n2c1)N1CC[C@H](N)C1. The summed E-state index contributed by atoms with van der Waals surface area (Å²) >= 11 is 0. The number of pyridine rings is 2. The molecule has 1 fully saturated rings. The minimum atomic E-state index is -0.641. The molecule has 0 aliphatic carbocycles. The van der Waals surface area contributed by atoms with Crippen LogP contribution in [0.25, 0.3) is 28.1 Å². The number of aromatic nitrogens is 4. The summed E-state index contributed by atoms with van der Waals surface area (Å²) in [7, 11) is 0. The first-order chi connectivity index (χ1) is 15.8. The summed E-state index contributed by atoms with van der Waals surface area (Å²) in [6.45, 7) is 7.70. The van der Waals surface area contributed by atoms with Crippen molar-refractivity contribution < 1.29 is 9.50 Å². The van der Waals surface area contributed by atoms with Gasteiger partial charge in [-0.15, -0.1) is 10.2 Å². The average molecular weight is 465 g/mol. The fraction of sp³-hybridized carbons (Fsp3) is 0.423. The largest absolute Gasteiger partial charge is 0.395 e. The second kappa shape index (κ2) is 9.02. The third kappa shape index (κ3) is 4.17. The molecular weight excluding hydrogens is 431 g/mol. The molecule has 34 heavy (non-hydrogen) atoms. The van der Waals surface area contributed by atoms with E-state index in [0.29, 0.717) is 28.0 Å². The summed E-state index contributed by atoms with van der Waals surface area (Å²) in [4.78, 5) is 7.25. The molecule has 0 saturated carbocycles. The summed E-state index contributed by atoms with van der Waals surface area (Å²) < 4.78 is 16.2. The highest BCUT2D eigenvalue weighted by atomic mass is 19.1. The zero-order chi connectivity index (χ0) is 23.3. The molecule has 0 spiro atoms. The fourth-order valence-electron chi connectivity index (χ4n) is 4.63. The normalized spacial score (nSPS) is 17.9. The minimum absolute atomic E-state index is 0. The number of hydrogen-bond donors (Lipinski definition) is 2. The molecular formula is C26H33FN6O. The number of aliphatic hydroxyl groups excluding tert-OH is 1. The molecule has 1 saturated heterocycles. The van der Waals surface area contributed by atoms with E-state index in [1.807, 2.05) is 36.4 Å². The molecule has 0 unspecified atom stereocenters. The van der Waals surface area contributed by atoms with Gasteiger partial charge in [0.2, 0.25) is 0 Å². The van der Waals surface area contributed by atoms with E-state index in [1.165, 1.54) is 12.1 Å². The van der Waals surface area contributed by atoms with Crippen molar-refractivity contribution in [1.82, 2.24) is 24.5 Å². The number of benzene rings is 1. The van der Waals surface area contributed by atoms with Crippen LogP contribution < -0.4 is 5.73 Å². The van der Waals surface area contributed by atoms with Crippen LogP contribution in [-0.4, -0.2) is 55.3 Å². The Morgan fingerprint density at radius 3 is 2.71 bits per heavy atom. The molecule has 1 aliphatic heterocycles. The van der Waals surface area contributed by atoms with Crippen LogP contribution in [0.2, 0.25) is 0 Å². The van der Waals surface area contributed by atoms with Crippen molar-refractivity contribution in [2.75, 3.05) is 19.7 Å². The molecule has 2 atom stereocenters. The molecule has 0 bridgehead atoms. The Bertz CT molecular complexity index is 1330. The van der Waals surface area contributed by atoms with Gasteiger partial charge in [0.1, 0.15) is 11.5 Å². The maximum Gasteiger partial charge on any atom is 0.187 e. The van der Waals surface area contributed by atoms with Crippen molar-refractivity contribution in [1.29, 1.82) is 0 Å². The Balaban J connectivity index is 0.00000274. The lowest BCUT2D eigenvalue weighted by Gasteiger charge is -2.24. The van der Waals surface area contributed by atoms with Crippen LogP contribution in [0.15, 0.2) is 42.6 Å². The molecule has 180 valence electrons. The molecule has 4 heterocycles. The van der Waals surface area contributed by atoms with Crippen molar-refractivity contribution in [3.63, 3.8) is 0 Å². The van der Waals surface area contributed by atoms with E-state index in [-0.39, 0.29) is 31.9 Å². The number of hydrogen-bond acceptors (Lipinski definition) is 6. The topological polar surface area (TPSA) is 92.6 Å². The lowest BCUT2D eigenvalue weighted by Crippen LogP contribution is -2.28. The molecule has 0 radical (unpaired) electrons. The Hall–Kier alpha value is -2.94. The Morgan fingerprint density at radius 1 is 1.21 bits per heavy atom. The van der Waals surface area contributed by atoms with Crippen molar-refractivity contribution in [2.45, 2.75) is 52.1 Å². The smallest absolute Gasteiger partial charge is 0.187 e. The Morgan fingerprint density at radius 2 is 2.00 bits per heavy atom. The maximum atomic E-state index is 14.3. The number of halogens is 1. The highest BCUT2D eigenvalue weighted by Gasteiger charge is 2.26. The predicted octanol–water partition coefficient (Wildman–Crippen LogP) is 4.08. The van der Waals surface area contributed by atoms with E-state index < -0.39 is 5.41 Å². The second-order valence-corrected chi connectivity index (χ2v) is 9.70. The van der Waals surface area contributed by atoms with Crippen LogP contribution in [0.4, 0.5) is 4.39 Å². The molecule has 0 amide bonds. The average Bonchev–Trinajstić information content (AvgIpc) is 3.43. The molecule has 8 heteroatoms. The fourth-order valence-corrected chi connectivity index (χ4v) is 4.63. The summed E-state index contributed by atoms with van der Waals surface area (Å²) in [5, 5.41) is 19.3. The van der Waals surface area contributed by atoms with Gasteiger partial charge in [-0.25, -0.2) is 9.37 Å². The van der Waals surface area contributed by atoms with Gasteiger partial charge >= 0.3 is 0 Å². The van der Waals surface area contributed by atoms with Gasteiger partial charge in [0, 0.05) is 42.2 Å². The van der Waals surface area contributed by atoms with Crippen LogP contribution in [0.5, 0.6) is 0 Å². The van der Waals surface area contributed by atoms with E-state index >= 15 is 0 Å². The lowest BCUT2D eigenvalue weighted by molar-refractivity contribution is 0.219. The highest BCUT2D eigenvalue weighted by Crippen LogP contribution is 2.32. The van der Waals surface area contributed by atoms with Gasteiger partial charge in [-0.1, -0.05) is 33.4 Å². The monoisotopic (exact) mass is 464 g/mol. The van der Waals surface area contributed by atoms with Crippen LogP contribution >= 0.6 is 0 Å². The number of rotatable bonds is 5. The molecule has 7 nitrogen and oxygen atoms in total. The molecule has 1 aromatic carbocycles. The van der Waals surface area contributed by atoms with Crippen molar-refractivity contribution in [3.05, 3.63) is 59.5 Å². The number of fused-ring (bicyclic) bond motifs is 2. The van der Waals surface area contributed by atoms with E-state index in [4.69, 9.17) is 10.7 Å². The zero-order valence-electron chi connectivity index (χ0n) is 19.2. The third-order valence-electron chi connectivity index (χ3n) is 6.82. The van der Waals surface area contributed by atoms with E-state index in [1.54, 1.807) is 0 Å². The summed E-state index contributed by atoms with van der Waals surface area (Å²) in [5.74, 6) is 0.276. The summed E-state index contributed by atoms with van der Waals surface area (Å²) in [6, 6.07) is 11.1. The molecule has 4 aromatic rings. The van der Waals surface area contributed by atoms with Crippen molar-refractivity contribution in [2.24, 2.45) is 5.73 Å². The maximum absolute atomic E-state index is 14.3. The number of likely N-dealkylation sites (tertiary alicyclic amines) is 1. The molecule has 3 N–H and O–H groups in total. The van der Waals surface area contributed by atoms with Gasteiger partial charge < -0.3 is 10.8 Å². The molecule has 1 aliphatic rings. The lowest BCUT2D eigenvalue weighted by atomic mass is 9.84. The van der Waals surface area contributed by atoms with E-state index in [2.05, 4.69) is 34.3 Å². The Kier molecular flexibility index (Phi) is 6.42. The predicted molar refractivity (Wildman–Crippen MR) is 133 cm³/mol. The van der Waals surface area contributed by atoms with Gasteiger partial charge in [-0.2, -0.15) is 0 Å². The van der Waals surface area contributed by atoms with Gasteiger partial charge in [-0.05, 0) is 48.7 Å². The quantitative estimate of drug-likeness (QED) is 0.462. The van der Waals surface area contributed by atoms with Gasteiger partial charge in [0.15, 0.2) is 11.5 Å². The van der Waals surface area contributed by atoms with Gasteiger partial charge in [0.25, 0.3) is 0 Å². The van der Waals surface area contributed by atoms with Crippen LogP contribution in [0, 0.1) is 5.82 Å². The Labute approximate surface area is 199 Å². The minimum Gasteiger partial charge on any atom is -0.395 e. The number of nitrogens with two attached hydrogens (primary N) is 1. The zero-order valence-corrected chi connectivity index (χ0v) is 19.2. The summed E-state index contributed by atoms with van der Waals surface area (Å²) in [6.07, 6.45) is 3.08. The van der Waals surface area contributed by atoms with E-state index in [9.17, 15) is 9.50 Å². The molecule has 3 aromatic heterocycles.